The average Bonchev–Trinajstić information content (AvgIpc) is 3.24. The molecule has 0 spiro atoms. The van der Waals surface area contributed by atoms with Crippen molar-refractivity contribution in [1.29, 1.82) is 0 Å². The number of aldehydes is 1. The molecule has 1 aromatic carbocycles. The van der Waals surface area contributed by atoms with E-state index in [0.717, 1.165) is 21.7 Å². The van der Waals surface area contributed by atoms with Crippen molar-refractivity contribution in [1.82, 2.24) is 14.6 Å². The fourth-order valence-electron chi connectivity index (χ4n) is 2.35. The van der Waals surface area contributed by atoms with Crippen LogP contribution in [0.4, 0.5) is 4.39 Å². The number of rotatable bonds is 4. The third-order valence-corrected chi connectivity index (χ3v) is 5.20. The van der Waals surface area contributed by atoms with Gasteiger partial charge in [0.05, 0.1) is 4.88 Å². The molecule has 0 amide bonds. The van der Waals surface area contributed by atoms with Crippen LogP contribution in [0.25, 0.3) is 15.5 Å². The first-order valence-corrected chi connectivity index (χ1v) is 8.56. The smallest absolute Gasteiger partial charge is 0.213 e. The number of carbonyl (C=O) groups is 1. The summed E-state index contributed by atoms with van der Waals surface area (Å²) in [5.74, 6) is -0.258. The van der Waals surface area contributed by atoms with Gasteiger partial charge in [-0.05, 0) is 29.1 Å². The lowest BCUT2D eigenvalue weighted by Crippen LogP contribution is -1.95. The fraction of sp³-hybridized carbons (Fsp3) is 0.0625. The van der Waals surface area contributed by atoms with Crippen LogP contribution < -0.4 is 0 Å². The van der Waals surface area contributed by atoms with Gasteiger partial charge >= 0.3 is 0 Å². The predicted molar refractivity (Wildman–Crippen MR) is 88.8 cm³/mol. The van der Waals surface area contributed by atoms with Crippen LogP contribution in [0, 0.1) is 5.82 Å². The lowest BCUT2D eigenvalue weighted by molar-refractivity contribution is 0.111. The molecule has 4 rings (SSSR count). The molecule has 4 nitrogen and oxygen atoms in total. The van der Waals surface area contributed by atoms with Crippen molar-refractivity contribution in [3.8, 4) is 10.6 Å². The third kappa shape index (κ3) is 2.58. The monoisotopic (exact) mass is 343 g/mol. The van der Waals surface area contributed by atoms with E-state index in [1.807, 2.05) is 17.5 Å². The minimum atomic E-state index is -0.258. The number of hydrogen-bond acceptors (Lipinski definition) is 5. The second-order valence-corrected chi connectivity index (χ2v) is 6.92. The first-order chi connectivity index (χ1) is 11.2. The average molecular weight is 343 g/mol. The Kier molecular flexibility index (Phi) is 3.51. The van der Waals surface area contributed by atoms with Gasteiger partial charge < -0.3 is 0 Å². The Bertz CT molecular complexity index is 971. The van der Waals surface area contributed by atoms with Crippen molar-refractivity contribution in [3.05, 3.63) is 63.9 Å². The van der Waals surface area contributed by atoms with E-state index in [1.54, 1.807) is 16.6 Å². The molecule has 0 atom stereocenters. The Morgan fingerprint density at radius 2 is 2.04 bits per heavy atom. The zero-order valence-corrected chi connectivity index (χ0v) is 13.4. The van der Waals surface area contributed by atoms with Gasteiger partial charge in [0.15, 0.2) is 6.29 Å². The van der Waals surface area contributed by atoms with E-state index in [9.17, 15) is 9.18 Å². The summed E-state index contributed by atoms with van der Waals surface area (Å²) in [7, 11) is 0. The van der Waals surface area contributed by atoms with Crippen LogP contribution >= 0.6 is 22.7 Å². The van der Waals surface area contributed by atoms with Gasteiger partial charge in [-0.1, -0.05) is 29.5 Å². The van der Waals surface area contributed by atoms with Gasteiger partial charge in [0.1, 0.15) is 22.2 Å². The normalized spacial score (nSPS) is 11.2. The zero-order chi connectivity index (χ0) is 15.8. The highest BCUT2D eigenvalue weighted by Crippen LogP contribution is 2.29. The van der Waals surface area contributed by atoms with Gasteiger partial charge in [-0.3, -0.25) is 4.79 Å². The molecule has 0 aliphatic carbocycles. The van der Waals surface area contributed by atoms with E-state index in [2.05, 4.69) is 10.1 Å². The minimum Gasteiger partial charge on any atom is -0.296 e. The van der Waals surface area contributed by atoms with Crippen LogP contribution in [0.2, 0.25) is 0 Å². The lowest BCUT2D eigenvalue weighted by atomic mass is 10.2. The third-order valence-electron chi connectivity index (χ3n) is 3.41. The number of hydrogen-bond donors (Lipinski definition) is 0. The number of fused-ring (bicyclic) bond motifs is 1. The van der Waals surface area contributed by atoms with Crippen LogP contribution in [0.3, 0.4) is 0 Å². The van der Waals surface area contributed by atoms with E-state index in [4.69, 9.17) is 0 Å². The van der Waals surface area contributed by atoms with Crippen LogP contribution in [0.15, 0.2) is 41.8 Å². The summed E-state index contributed by atoms with van der Waals surface area (Å²) in [6.45, 7) is 0. The van der Waals surface area contributed by atoms with E-state index < -0.39 is 0 Å². The molecule has 114 valence electrons. The number of halogens is 1. The van der Waals surface area contributed by atoms with E-state index in [1.165, 1.54) is 34.8 Å². The first kappa shape index (κ1) is 14.2. The van der Waals surface area contributed by atoms with Crippen molar-refractivity contribution >= 4 is 33.9 Å². The molecular formula is C16H10FN3OS2. The van der Waals surface area contributed by atoms with Gasteiger partial charge in [0, 0.05) is 6.42 Å². The highest BCUT2D eigenvalue weighted by atomic mass is 32.1. The molecule has 7 heteroatoms. The first-order valence-electron chi connectivity index (χ1n) is 6.86. The number of nitrogens with zero attached hydrogens (tertiary/aromatic N) is 3. The fourth-order valence-corrected chi connectivity index (χ4v) is 4.01. The zero-order valence-electron chi connectivity index (χ0n) is 11.8. The summed E-state index contributed by atoms with van der Waals surface area (Å²) < 4.78 is 14.5. The van der Waals surface area contributed by atoms with Crippen molar-refractivity contribution < 1.29 is 9.18 Å². The van der Waals surface area contributed by atoms with Crippen molar-refractivity contribution in [2.75, 3.05) is 0 Å². The van der Waals surface area contributed by atoms with Crippen molar-refractivity contribution in [3.63, 3.8) is 0 Å². The molecule has 0 bridgehead atoms. The maximum absolute atomic E-state index is 13.0. The van der Waals surface area contributed by atoms with Gasteiger partial charge in [-0.25, -0.2) is 9.37 Å². The Balaban J connectivity index is 1.73. The van der Waals surface area contributed by atoms with Gasteiger partial charge in [-0.2, -0.15) is 9.61 Å². The largest absolute Gasteiger partial charge is 0.296 e. The number of thiophene rings is 1. The molecule has 0 saturated carbocycles. The molecule has 3 heterocycles. The Morgan fingerprint density at radius 3 is 2.74 bits per heavy atom. The van der Waals surface area contributed by atoms with Crippen LogP contribution in [-0.4, -0.2) is 20.9 Å². The summed E-state index contributed by atoms with van der Waals surface area (Å²) in [6, 6.07) is 10.2. The summed E-state index contributed by atoms with van der Waals surface area (Å²) in [5.41, 5.74) is 2.10. The molecule has 0 saturated heterocycles. The summed E-state index contributed by atoms with van der Waals surface area (Å²) in [5, 5.41) is 7.27. The van der Waals surface area contributed by atoms with Crippen LogP contribution in [-0.2, 0) is 6.42 Å². The maximum atomic E-state index is 13.0. The van der Waals surface area contributed by atoms with Crippen LogP contribution in [0.1, 0.15) is 21.1 Å². The Morgan fingerprint density at radius 1 is 1.22 bits per heavy atom. The number of benzene rings is 1. The summed E-state index contributed by atoms with van der Waals surface area (Å²) in [6.07, 6.45) is 1.37. The highest BCUT2D eigenvalue weighted by Gasteiger charge is 2.18. The number of aromatic nitrogens is 3. The summed E-state index contributed by atoms with van der Waals surface area (Å²) in [4.78, 5) is 17.6. The Labute approximate surface area is 138 Å². The van der Waals surface area contributed by atoms with E-state index in [-0.39, 0.29) is 5.82 Å². The molecule has 3 aromatic heterocycles. The number of imidazole rings is 1. The second kappa shape index (κ2) is 5.68. The number of carbonyl (C=O) groups excluding carboxylic acids is 1. The maximum Gasteiger partial charge on any atom is 0.213 e. The topological polar surface area (TPSA) is 47.3 Å². The second-order valence-electron chi connectivity index (χ2n) is 4.93. The molecule has 0 radical (unpaired) electrons. The standard InChI is InChI=1S/C16H10FN3OS2/c17-11-5-3-10(4-6-11)8-14-19-20-12(9-21)15(18-16(20)23-14)13-2-1-7-22-13/h1-7,9H,8H2. The van der Waals surface area contributed by atoms with Crippen molar-refractivity contribution in [2.45, 2.75) is 6.42 Å². The molecule has 4 aromatic rings. The lowest BCUT2D eigenvalue weighted by Gasteiger charge is -1.97. The van der Waals surface area contributed by atoms with Gasteiger partial charge in [0.25, 0.3) is 0 Å². The molecule has 0 unspecified atom stereocenters. The SMILES string of the molecule is O=Cc1c(-c2cccs2)nc2sc(Cc3ccc(F)cc3)nn12. The van der Waals surface area contributed by atoms with Crippen LogP contribution in [0.5, 0.6) is 0 Å². The van der Waals surface area contributed by atoms with Gasteiger partial charge in [0.2, 0.25) is 4.96 Å². The minimum absolute atomic E-state index is 0.258. The predicted octanol–water partition coefficient (Wildman–Crippen LogP) is 4.06. The van der Waals surface area contributed by atoms with E-state index in [0.29, 0.717) is 22.8 Å². The van der Waals surface area contributed by atoms with E-state index >= 15 is 0 Å². The van der Waals surface area contributed by atoms with Gasteiger partial charge in [-0.15, -0.1) is 11.3 Å². The van der Waals surface area contributed by atoms with Crippen molar-refractivity contribution in [2.24, 2.45) is 0 Å². The highest BCUT2D eigenvalue weighted by molar-refractivity contribution is 7.16. The Hall–Kier alpha value is -2.38. The molecule has 0 fully saturated rings. The molecule has 0 aliphatic rings. The molecule has 0 aliphatic heterocycles. The quantitative estimate of drug-likeness (QED) is 0.525. The molecule has 23 heavy (non-hydrogen) atoms. The molecular weight excluding hydrogens is 333 g/mol. The molecule has 0 N–H and O–H groups in total. The summed E-state index contributed by atoms with van der Waals surface area (Å²) >= 11 is 2.98.